The van der Waals surface area contributed by atoms with E-state index in [4.69, 9.17) is 9.47 Å². The van der Waals surface area contributed by atoms with Crippen LogP contribution in [0.4, 0.5) is 5.69 Å². The molecular formula is C26H22N4O5. The molecule has 6 rings (SSSR count). The maximum atomic E-state index is 13.5. The fraction of sp³-hybridized carbons (Fsp3) is 0.231. The lowest BCUT2D eigenvalue weighted by atomic mass is 9.77. The molecule has 176 valence electrons. The normalized spacial score (nSPS) is 19.1. The average Bonchev–Trinajstić information content (AvgIpc) is 3.34. The predicted octanol–water partition coefficient (Wildman–Crippen LogP) is 3.52. The van der Waals surface area contributed by atoms with E-state index in [9.17, 15) is 14.4 Å². The van der Waals surface area contributed by atoms with Crippen LogP contribution in [-0.2, 0) is 9.59 Å². The number of hydrazine groups is 1. The van der Waals surface area contributed by atoms with Gasteiger partial charge in [-0.05, 0) is 30.5 Å². The van der Waals surface area contributed by atoms with Crippen molar-refractivity contribution in [3.63, 3.8) is 0 Å². The summed E-state index contributed by atoms with van der Waals surface area (Å²) < 4.78 is 10.9. The van der Waals surface area contributed by atoms with Gasteiger partial charge in [-0.2, -0.15) is 5.10 Å². The lowest BCUT2D eigenvalue weighted by Crippen LogP contribution is -2.43. The van der Waals surface area contributed by atoms with Gasteiger partial charge in [-0.1, -0.05) is 36.4 Å². The second kappa shape index (κ2) is 8.43. The van der Waals surface area contributed by atoms with E-state index in [1.807, 2.05) is 48.5 Å². The number of carbonyl (C=O) groups excluding carboxylic acids is 2. The van der Waals surface area contributed by atoms with Gasteiger partial charge in [-0.3, -0.25) is 19.8 Å². The van der Waals surface area contributed by atoms with E-state index < -0.39 is 5.56 Å². The smallest absolute Gasteiger partial charge is 0.266 e. The minimum atomic E-state index is -0.399. The van der Waals surface area contributed by atoms with Crippen LogP contribution < -0.4 is 20.5 Å². The van der Waals surface area contributed by atoms with Gasteiger partial charge in [-0.15, -0.1) is 0 Å². The molecule has 9 heteroatoms. The van der Waals surface area contributed by atoms with Crippen molar-refractivity contribution >= 4 is 17.4 Å². The molecule has 0 fully saturated rings. The molecule has 9 nitrogen and oxygen atoms in total. The van der Waals surface area contributed by atoms with Crippen LogP contribution in [-0.4, -0.2) is 33.7 Å². The van der Waals surface area contributed by atoms with Crippen LogP contribution in [0.25, 0.3) is 11.3 Å². The van der Waals surface area contributed by atoms with Crippen molar-refractivity contribution in [3.8, 4) is 22.8 Å². The number of aromatic amines is 1. The number of allylic oxidation sites excluding steroid dienone is 2. The van der Waals surface area contributed by atoms with E-state index in [1.54, 1.807) is 0 Å². The molecule has 3 aliphatic rings. The third-order valence-corrected chi connectivity index (χ3v) is 6.56. The summed E-state index contributed by atoms with van der Waals surface area (Å²) in [5.41, 5.74) is 6.49. The molecule has 1 aromatic heterocycles. The Morgan fingerprint density at radius 1 is 0.971 bits per heavy atom. The third-order valence-electron chi connectivity index (χ3n) is 6.56. The zero-order valence-electron chi connectivity index (χ0n) is 18.7. The fourth-order valence-corrected chi connectivity index (χ4v) is 4.96. The number of rotatable bonds is 4. The Morgan fingerprint density at radius 3 is 2.66 bits per heavy atom. The number of benzene rings is 2. The maximum absolute atomic E-state index is 13.5. The van der Waals surface area contributed by atoms with Crippen LogP contribution in [0.5, 0.6) is 11.5 Å². The Hall–Kier alpha value is -4.40. The molecule has 35 heavy (non-hydrogen) atoms. The van der Waals surface area contributed by atoms with E-state index in [-0.39, 0.29) is 30.8 Å². The van der Waals surface area contributed by atoms with Crippen molar-refractivity contribution in [3.05, 3.63) is 81.8 Å². The molecule has 1 amide bonds. The highest BCUT2D eigenvalue weighted by molar-refractivity contribution is 6.02. The predicted molar refractivity (Wildman–Crippen MR) is 127 cm³/mol. The average molecular weight is 470 g/mol. The third kappa shape index (κ3) is 3.74. The Kier molecular flexibility index (Phi) is 5.09. The summed E-state index contributed by atoms with van der Waals surface area (Å²) in [5.74, 6) is 0.728. The first kappa shape index (κ1) is 21.2. The number of carbonyl (C=O) groups is 2. The van der Waals surface area contributed by atoms with Crippen LogP contribution in [0.3, 0.4) is 0 Å². The van der Waals surface area contributed by atoms with Crippen molar-refractivity contribution in [1.29, 1.82) is 0 Å². The highest BCUT2D eigenvalue weighted by Crippen LogP contribution is 2.44. The molecular weight excluding hydrogens is 448 g/mol. The topological polar surface area (TPSA) is 114 Å². The van der Waals surface area contributed by atoms with Crippen molar-refractivity contribution in [2.24, 2.45) is 0 Å². The van der Waals surface area contributed by atoms with Gasteiger partial charge < -0.3 is 9.47 Å². The molecule has 0 saturated heterocycles. The number of ketones is 1. The maximum Gasteiger partial charge on any atom is 0.266 e. The second-order valence-electron chi connectivity index (χ2n) is 8.71. The fourth-order valence-electron chi connectivity index (χ4n) is 4.96. The number of Topliss-reactive ketones (excluding diaryl/α,β-unsaturated/α-hetero) is 1. The van der Waals surface area contributed by atoms with Crippen LogP contribution in [0, 0.1) is 0 Å². The van der Waals surface area contributed by atoms with Gasteiger partial charge >= 0.3 is 0 Å². The summed E-state index contributed by atoms with van der Waals surface area (Å²) in [5, 5.41) is 8.10. The summed E-state index contributed by atoms with van der Waals surface area (Å²) in [6.07, 6.45) is 1.76. The Balaban J connectivity index is 1.42. The first-order chi connectivity index (χ1) is 17.1. The molecule has 3 aromatic rings. The van der Waals surface area contributed by atoms with Crippen molar-refractivity contribution in [1.82, 2.24) is 15.2 Å². The number of anilines is 1. The zero-order chi connectivity index (χ0) is 23.9. The molecule has 1 aliphatic carbocycles. The molecule has 1 atom stereocenters. The summed E-state index contributed by atoms with van der Waals surface area (Å²) in [4.78, 5) is 38.7. The molecule has 1 unspecified atom stereocenters. The summed E-state index contributed by atoms with van der Waals surface area (Å²) in [6, 6.07) is 16.3. The zero-order valence-corrected chi connectivity index (χ0v) is 18.7. The molecule has 0 bridgehead atoms. The number of amides is 1. The van der Waals surface area contributed by atoms with E-state index >= 15 is 0 Å². The number of ether oxygens (including phenoxy) is 2. The number of fused-ring (bicyclic) bond motifs is 1. The molecule has 0 spiro atoms. The van der Waals surface area contributed by atoms with Crippen molar-refractivity contribution < 1.29 is 19.1 Å². The summed E-state index contributed by atoms with van der Waals surface area (Å²) in [6.45, 7) is 0.154. The van der Waals surface area contributed by atoms with Gasteiger partial charge in [-0.25, -0.2) is 10.1 Å². The first-order valence-corrected chi connectivity index (χ1v) is 11.5. The van der Waals surface area contributed by atoms with E-state index in [0.29, 0.717) is 53.4 Å². The highest BCUT2D eigenvalue weighted by atomic mass is 16.7. The molecule has 2 aliphatic heterocycles. The Bertz CT molecular complexity index is 1430. The van der Waals surface area contributed by atoms with Gasteiger partial charge in [0.2, 0.25) is 12.7 Å². The lowest BCUT2D eigenvalue weighted by Gasteiger charge is -2.38. The van der Waals surface area contributed by atoms with E-state index in [2.05, 4.69) is 15.6 Å². The minimum absolute atomic E-state index is 0.0283. The van der Waals surface area contributed by atoms with Crippen LogP contribution in [0.2, 0.25) is 0 Å². The summed E-state index contributed by atoms with van der Waals surface area (Å²) >= 11 is 0. The van der Waals surface area contributed by atoms with Crippen LogP contribution >= 0.6 is 0 Å². The van der Waals surface area contributed by atoms with Gasteiger partial charge in [0.15, 0.2) is 17.3 Å². The van der Waals surface area contributed by atoms with Crippen LogP contribution in [0.15, 0.2) is 70.7 Å². The molecule has 3 heterocycles. The van der Waals surface area contributed by atoms with Gasteiger partial charge in [0, 0.05) is 36.0 Å². The SMILES string of the molecule is O=C1CCCC2=C1C(c1ccc3c(c1)OCO3)CC(=O)N2Nc1cc(=O)[nH]nc1-c1ccccc1. The first-order valence-electron chi connectivity index (χ1n) is 11.5. The van der Waals surface area contributed by atoms with Gasteiger partial charge in [0.1, 0.15) is 5.69 Å². The number of aromatic nitrogens is 2. The standard InChI is InChI=1S/C26H22N4O5/c31-20-8-4-7-19-25(20)17(16-9-10-21-22(11-16)35-14-34-21)12-24(33)30(19)29-18-13-23(32)27-28-26(18)15-5-2-1-3-6-15/h1-3,5-6,9-11,13,17H,4,7-8,12,14H2,(H2,27,29,32). The number of hydrogen-bond acceptors (Lipinski definition) is 7. The van der Waals surface area contributed by atoms with Gasteiger partial charge in [0.25, 0.3) is 5.56 Å². The van der Waals surface area contributed by atoms with E-state index in [0.717, 1.165) is 11.1 Å². The van der Waals surface area contributed by atoms with Gasteiger partial charge in [0.05, 0.1) is 11.4 Å². The monoisotopic (exact) mass is 470 g/mol. The highest BCUT2D eigenvalue weighted by Gasteiger charge is 2.40. The number of hydrogen-bond donors (Lipinski definition) is 2. The largest absolute Gasteiger partial charge is 0.454 e. The molecule has 0 saturated carbocycles. The molecule has 2 aromatic carbocycles. The number of H-pyrrole nitrogens is 1. The van der Waals surface area contributed by atoms with Crippen molar-refractivity contribution in [2.45, 2.75) is 31.6 Å². The van der Waals surface area contributed by atoms with Crippen LogP contribution in [0.1, 0.15) is 37.2 Å². The minimum Gasteiger partial charge on any atom is -0.454 e. The molecule has 2 N–H and O–H groups in total. The quantitative estimate of drug-likeness (QED) is 0.600. The number of nitrogens with zero attached hydrogens (tertiary/aromatic N) is 2. The summed E-state index contributed by atoms with van der Waals surface area (Å²) in [7, 11) is 0. The van der Waals surface area contributed by atoms with Crippen molar-refractivity contribution in [2.75, 3.05) is 12.2 Å². The second-order valence-corrected chi connectivity index (χ2v) is 8.71. The number of nitrogens with one attached hydrogen (secondary N) is 2. The lowest BCUT2D eigenvalue weighted by molar-refractivity contribution is -0.130. The Labute approximate surface area is 200 Å². The molecule has 0 radical (unpaired) electrons. The van der Waals surface area contributed by atoms with E-state index in [1.165, 1.54) is 11.1 Å². The Morgan fingerprint density at radius 2 is 1.80 bits per heavy atom.